The molecule has 2 N–H and O–H groups in total. The zero-order valence-corrected chi connectivity index (χ0v) is 12.7. The molecule has 1 fully saturated rings. The quantitative estimate of drug-likeness (QED) is 0.640. The zero-order chi connectivity index (χ0) is 15.0. The van der Waals surface area contributed by atoms with E-state index in [1.807, 2.05) is 6.92 Å². The van der Waals surface area contributed by atoms with Crippen LogP contribution in [0.15, 0.2) is 18.2 Å². The summed E-state index contributed by atoms with van der Waals surface area (Å²) in [6, 6.07) is 4.41. The van der Waals surface area contributed by atoms with E-state index in [4.69, 9.17) is 0 Å². The number of rotatable bonds is 2. The molecule has 0 radical (unpaired) electrons. The number of nitro benzene ring substituents is 1. The van der Waals surface area contributed by atoms with Gasteiger partial charge in [-0.2, -0.15) is 5.10 Å². The minimum Gasteiger partial charge on any atom is -0.332 e. The highest BCUT2D eigenvalue weighted by Gasteiger charge is 2.27. The van der Waals surface area contributed by atoms with E-state index in [9.17, 15) is 14.9 Å². The largest absolute Gasteiger partial charge is 0.332 e. The van der Waals surface area contributed by atoms with Gasteiger partial charge in [0.05, 0.1) is 10.4 Å². The van der Waals surface area contributed by atoms with Gasteiger partial charge in [0, 0.05) is 43.2 Å². The topological polar surface area (TPSA) is 104 Å². The molecule has 0 bridgehead atoms. The fourth-order valence-corrected chi connectivity index (χ4v) is 2.56. The second kappa shape index (κ2) is 6.29. The summed E-state index contributed by atoms with van der Waals surface area (Å²) in [7, 11) is 0. The van der Waals surface area contributed by atoms with Gasteiger partial charge in [-0.1, -0.05) is 0 Å². The molecule has 1 aliphatic heterocycles. The minimum absolute atomic E-state index is 0. The Hall–Kier alpha value is -2.19. The Morgan fingerprint density at radius 3 is 2.95 bits per heavy atom. The average molecular weight is 326 g/mol. The van der Waals surface area contributed by atoms with Crippen LogP contribution < -0.4 is 5.32 Å². The Labute approximate surface area is 132 Å². The van der Waals surface area contributed by atoms with Crippen LogP contribution in [0.1, 0.15) is 17.4 Å². The summed E-state index contributed by atoms with van der Waals surface area (Å²) in [5, 5.41) is 21.4. The van der Waals surface area contributed by atoms with Crippen LogP contribution in [0, 0.1) is 10.1 Å². The van der Waals surface area contributed by atoms with Crippen LogP contribution in [0.2, 0.25) is 0 Å². The molecular formula is C13H16ClN5O3. The van der Waals surface area contributed by atoms with E-state index in [0.29, 0.717) is 17.4 Å². The summed E-state index contributed by atoms with van der Waals surface area (Å²) in [6.07, 6.45) is 0. The smallest absolute Gasteiger partial charge is 0.275 e. The van der Waals surface area contributed by atoms with Crippen molar-refractivity contribution in [2.24, 2.45) is 0 Å². The van der Waals surface area contributed by atoms with Gasteiger partial charge in [0.25, 0.3) is 11.6 Å². The maximum absolute atomic E-state index is 12.6. The highest BCUT2D eigenvalue weighted by Crippen LogP contribution is 2.23. The van der Waals surface area contributed by atoms with Crippen molar-refractivity contribution in [3.8, 4) is 0 Å². The Bertz CT molecular complexity index is 717. The number of halogens is 1. The lowest BCUT2D eigenvalue weighted by Crippen LogP contribution is -2.52. The van der Waals surface area contributed by atoms with Crippen molar-refractivity contribution >= 4 is 34.9 Å². The maximum atomic E-state index is 12.6. The van der Waals surface area contributed by atoms with Crippen molar-refractivity contribution in [2.45, 2.75) is 13.0 Å². The number of aromatic amines is 1. The Morgan fingerprint density at radius 1 is 1.50 bits per heavy atom. The standard InChI is InChI=1S/C13H15N5O3.ClH/c1-8-7-14-4-5-17(8)13(19)12-10-6-9(18(20)21)2-3-11(10)15-16-12;/h2-3,6,8,14H,4-5,7H2,1H3,(H,15,16);1H/t8-;/m1./s1. The third-order valence-corrected chi connectivity index (χ3v) is 3.72. The predicted octanol–water partition coefficient (Wildman–Crippen LogP) is 1.33. The molecule has 118 valence electrons. The first kappa shape index (κ1) is 16.2. The molecule has 1 aromatic carbocycles. The van der Waals surface area contributed by atoms with Gasteiger partial charge in [-0.05, 0) is 13.0 Å². The van der Waals surface area contributed by atoms with Crippen LogP contribution in [0.5, 0.6) is 0 Å². The summed E-state index contributed by atoms with van der Waals surface area (Å²) in [6.45, 7) is 4.03. The van der Waals surface area contributed by atoms with Crippen LogP contribution >= 0.6 is 12.4 Å². The molecule has 3 rings (SSSR count). The van der Waals surface area contributed by atoms with Crippen molar-refractivity contribution in [3.05, 3.63) is 34.0 Å². The third kappa shape index (κ3) is 2.75. The number of hydrogen-bond donors (Lipinski definition) is 2. The first-order valence-electron chi connectivity index (χ1n) is 6.72. The van der Waals surface area contributed by atoms with E-state index in [1.54, 1.807) is 11.0 Å². The van der Waals surface area contributed by atoms with Gasteiger partial charge < -0.3 is 10.2 Å². The number of nitro groups is 1. The SMILES string of the molecule is C[C@@H]1CNCCN1C(=O)c1n[nH]c2ccc([N+](=O)[O-])cc12.Cl. The molecule has 1 aliphatic rings. The van der Waals surface area contributed by atoms with Gasteiger partial charge in [0.15, 0.2) is 5.69 Å². The lowest BCUT2D eigenvalue weighted by molar-refractivity contribution is -0.384. The highest BCUT2D eigenvalue weighted by atomic mass is 35.5. The molecule has 2 aromatic rings. The van der Waals surface area contributed by atoms with Gasteiger partial charge in [-0.3, -0.25) is 20.0 Å². The number of hydrogen-bond acceptors (Lipinski definition) is 5. The molecule has 22 heavy (non-hydrogen) atoms. The molecule has 1 atom stereocenters. The van der Waals surface area contributed by atoms with Gasteiger partial charge in [-0.15, -0.1) is 12.4 Å². The molecule has 9 heteroatoms. The maximum Gasteiger partial charge on any atom is 0.275 e. The van der Waals surface area contributed by atoms with Crippen LogP contribution in [-0.4, -0.2) is 51.6 Å². The molecule has 1 saturated heterocycles. The lowest BCUT2D eigenvalue weighted by Gasteiger charge is -2.33. The number of nitrogens with one attached hydrogen (secondary N) is 2. The van der Waals surface area contributed by atoms with Gasteiger partial charge in [-0.25, -0.2) is 0 Å². The Balaban J connectivity index is 0.00000176. The number of aromatic nitrogens is 2. The molecular weight excluding hydrogens is 310 g/mol. The third-order valence-electron chi connectivity index (χ3n) is 3.72. The van der Waals surface area contributed by atoms with Crippen LogP contribution in [0.25, 0.3) is 10.9 Å². The Morgan fingerprint density at radius 2 is 2.27 bits per heavy atom. The molecule has 8 nitrogen and oxygen atoms in total. The first-order chi connectivity index (χ1) is 10.1. The number of H-pyrrole nitrogens is 1. The molecule has 0 saturated carbocycles. The van der Waals surface area contributed by atoms with E-state index < -0.39 is 4.92 Å². The number of amides is 1. The first-order valence-corrected chi connectivity index (χ1v) is 6.72. The number of non-ortho nitro benzene ring substituents is 1. The van der Waals surface area contributed by atoms with E-state index >= 15 is 0 Å². The average Bonchev–Trinajstić information content (AvgIpc) is 2.90. The number of piperazine rings is 1. The van der Waals surface area contributed by atoms with Crippen LogP contribution in [0.4, 0.5) is 5.69 Å². The molecule has 0 aliphatic carbocycles. The minimum atomic E-state index is -0.478. The van der Waals surface area contributed by atoms with Crippen molar-refractivity contribution < 1.29 is 9.72 Å². The summed E-state index contributed by atoms with van der Waals surface area (Å²) in [5.74, 6) is -0.198. The predicted molar refractivity (Wildman–Crippen MR) is 83.4 cm³/mol. The fraction of sp³-hybridized carbons (Fsp3) is 0.385. The fourth-order valence-electron chi connectivity index (χ4n) is 2.56. The zero-order valence-electron chi connectivity index (χ0n) is 11.9. The lowest BCUT2D eigenvalue weighted by atomic mass is 10.1. The molecule has 0 unspecified atom stereocenters. The van der Waals surface area contributed by atoms with Crippen molar-refractivity contribution in [2.75, 3.05) is 19.6 Å². The molecule has 1 aromatic heterocycles. The van der Waals surface area contributed by atoms with E-state index in [1.165, 1.54) is 12.1 Å². The normalized spacial score (nSPS) is 18.0. The summed E-state index contributed by atoms with van der Waals surface area (Å²) >= 11 is 0. The van der Waals surface area contributed by atoms with Crippen LogP contribution in [-0.2, 0) is 0 Å². The molecule has 0 spiro atoms. The van der Waals surface area contributed by atoms with Gasteiger partial charge in [0.1, 0.15) is 0 Å². The summed E-state index contributed by atoms with van der Waals surface area (Å²) in [4.78, 5) is 24.7. The number of fused-ring (bicyclic) bond motifs is 1. The Kier molecular flexibility index (Phi) is 4.62. The monoisotopic (exact) mass is 325 g/mol. The molecule has 2 heterocycles. The molecule has 1 amide bonds. The van der Waals surface area contributed by atoms with Gasteiger partial charge in [0.2, 0.25) is 0 Å². The van der Waals surface area contributed by atoms with Crippen LogP contribution in [0.3, 0.4) is 0 Å². The van der Waals surface area contributed by atoms with E-state index in [-0.39, 0.29) is 35.7 Å². The summed E-state index contributed by atoms with van der Waals surface area (Å²) in [5.41, 5.74) is 0.806. The van der Waals surface area contributed by atoms with Crippen molar-refractivity contribution in [3.63, 3.8) is 0 Å². The number of carbonyl (C=O) groups is 1. The second-order valence-electron chi connectivity index (χ2n) is 5.11. The number of benzene rings is 1. The number of nitrogens with zero attached hydrogens (tertiary/aromatic N) is 3. The highest BCUT2D eigenvalue weighted by molar-refractivity contribution is 6.05. The van der Waals surface area contributed by atoms with E-state index in [0.717, 1.165) is 13.1 Å². The second-order valence-corrected chi connectivity index (χ2v) is 5.11. The van der Waals surface area contributed by atoms with E-state index in [2.05, 4.69) is 15.5 Å². The number of carbonyl (C=O) groups excluding carboxylic acids is 1. The summed E-state index contributed by atoms with van der Waals surface area (Å²) < 4.78 is 0. The van der Waals surface area contributed by atoms with Gasteiger partial charge >= 0.3 is 0 Å². The van der Waals surface area contributed by atoms with Crippen molar-refractivity contribution in [1.29, 1.82) is 0 Å². The van der Waals surface area contributed by atoms with Crippen molar-refractivity contribution in [1.82, 2.24) is 20.4 Å².